The van der Waals surface area contributed by atoms with Crippen LogP contribution in [0.1, 0.15) is 53.4 Å². The molecule has 2 fully saturated rings. The summed E-state index contributed by atoms with van der Waals surface area (Å²) in [6.07, 6.45) is 7.59. The lowest BCUT2D eigenvalue weighted by Gasteiger charge is -2.23. The predicted octanol–water partition coefficient (Wildman–Crippen LogP) is 3.41. The number of aromatic nitrogens is 4. The summed E-state index contributed by atoms with van der Waals surface area (Å²) in [6, 6.07) is 9.73. The van der Waals surface area contributed by atoms with E-state index in [9.17, 15) is 4.79 Å². The molecule has 0 spiro atoms. The highest BCUT2D eigenvalue weighted by molar-refractivity contribution is 5.93. The summed E-state index contributed by atoms with van der Waals surface area (Å²) in [7, 11) is 0. The second kappa shape index (κ2) is 9.62. The van der Waals surface area contributed by atoms with Crippen LogP contribution in [0.25, 0.3) is 23.2 Å². The predicted molar refractivity (Wildman–Crippen MR) is 128 cm³/mol. The maximum Gasteiger partial charge on any atom is 0.270 e. The normalized spacial score (nSPS) is 17.2. The van der Waals surface area contributed by atoms with Crippen molar-refractivity contribution in [3.05, 3.63) is 53.2 Å². The van der Waals surface area contributed by atoms with Gasteiger partial charge in [0, 0.05) is 38.4 Å². The van der Waals surface area contributed by atoms with Crippen molar-refractivity contribution in [1.82, 2.24) is 25.3 Å². The summed E-state index contributed by atoms with van der Waals surface area (Å²) in [5.74, 6) is 1.12. The molecule has 2 saturated heterocycles. The number of fused-ring (bicyclic) bond motifs is 1. The van der Waals surface area contributed by atoms with Crippen LogP contribution in [0.5, 0.6) is 0 Å². The minimum absolute atomic E-state index is 0.117. The van der Waals surface area contributed by atoms with Gasteiger partial charge in [0.1, 0.15) is 11.5 Å². The molecule has 4 heterocycles. The maximum absolute atomic E-state index is 13.0. The monoisotopic (exact) mass is 444 g/mol. The van der Waals surface area contributed by atoms with E-state index < -0.39 is 0 Å². The molecule has 1 aromatic carbocycles. The van der Waals surface area contributed by atoms with E-state index >= 15 is 0 Å². The van der Waals surface area contributed by atoms with Crippen LogP contribution in [0.3, 0.4) is 0 Å². The van der Waals surface area contributed by atoms with Crippen molar-refractivity contribution in [2.75, 3.05) is 31.2 Å². The third kappa shape index (κ3) is 5.01. The third-order valence-electron chi connectivity index (χ3n) is 6.12. The Hall–Kier alpha value is -3.39. The molecule has 0 atom stereocenters. The number of carbonyl (C=O) groups excluding carboxylic acids is 1. The topological polar surface area (TPSA) is 93.1 Å². The largest absolute Gasteiger partial charge is 0.381 e. The summed E-state index contributed by atoms with van der Waals surface area (Å²) in [4.78, 5) is 33.9. The highest BCUT2D eigenvalue weighted by atomic mass is 16.5. The van der Waals surface area contributed by atoms with Crippen LogP contribution in [0.4, 0.5) is 5.82 Å². The minimum Gasteiger partial charge on any atom is -0.381 e. The maximum atomic E-state index is 13.0. The molecular weight excluding hydrogens is 416 g/mol. The number of nitrogens with one attached hydrogen (secondary N) is 1. The third-order valence-corrected chi connectivity index (χ3v) is 6.12. The van der Waals surface area contributed by atoms with Gasteiger partial charge >= 0.3 is 0 Å². The number of ether oxygens (including phenoxy) is 1. The number of hydrogen-bond donors (Lipinski definition) is 1. The molecule has 8 heteroatoms. The van der Waals surface area contributed by atoms with E-state index in [1.807, 2.05) is 43.3 Å². The fourth-order valence-corrected chi connectivity index (χ4v) is 4.27. The molecule has 0 bridgehead atoms. The molecule has 170 valence electrons. The Labute approximate surface area is 193 Å². The molecule has 0 aliphatic carbocycles. The molecule has 2 aliphatic heterocycles. The van der Waals surface area contributed by atoms with Gasteiger partial charge in [-0.15, -0.1) is 0 Å². The van der Waals surface area contributed by atoms with Crippen molar-refractivity contribution in [1.29, 1.82) is 0 Å². The molecule has 0 unspecified atom stereocenters. The van der Waals surface area contributed by atoms with Gasteiger partial charge in [-0.05, 0) is 56.9 Å². The Morgan fingerprint density at radius 2 is 1.76 bits per heavy atom. The first kappa shape index (κ1) is 21.5. The fourth-order valence-electron chi connectivity index (χ4n) is 4.27. The molecule has 8 nitrogen and oxygen atoms in total. The van der Waals surface area contributed by atoms with Gasteiger partial charge in [-0.3, -0.25) is 4.79 Å². The second-order valence-corrected chi connectivity index (χ2v) is 8.54. The van der Waals surface area contributed by atoms with Gasteiger partial charge in [0.25, 0.3) is 5.91 Å². The van der Waals surface area contributed by atoms with Crippen molar-refractivity contribution in [3.63, 3.8) is 0 Å². The first-order valence-corrected chi connectivity index (χ1v) is 11.6. The number of aryl methyl sites for hydroxylation is 1. The molecule has 0 radical (unpaired) electrons. The Morgan fingerprint density at radius 1 is 1.03 bits per heavy atom. The van der Waals surface area contributed by atoms with E-state index in [1.165, 1.54) is 0 Å². The number of hydrogen-bond acceptors (Lipinski definition) is 7. The Balaban J connectivity index is 1.44. The fraction of sp³-hybridized carbons (Fsp3) is 0.400. The van der Waals surface area contributed by atoms with E-state index in [0.717, 1.165) is 67.0 Å². The molecule has 2 aromatic heterocycles. The smallest absolute Gasteiger partial charge is 0.270 e. The quantitative estimate of drug-likeness (QED) is 0.645. The molecule has 0 saturated carbocycles. The number of nitrogens with zero attached hydrogens (tertiary/aromatic N) is 5. The van der Waals surface area contributed by atoms with Crippen molar-refractivity contribution >= 4 is 34.9 Å². The molecule has 3 aromatic rings. The average Bonchev–Trinajstić information content (AvgIpc) is 3.38. The Bertz CT molecular complexity index is 1180. The van der Waals surface area contributed by atoms with Crippen molar-refractivity contribution < 1.29 is 9.53 Å². The lowest BCUT2D eigenvalue weighted by Crippen LogP contribution is -2.39. The molecular formula is C25H28N6O2. The number of para-hydroxylation sites is 2. The van der Waals surface area contributed by atoms with Crippen LogP contribution in [-0.4, -0.2) is 58.2 Å². The number of anilines is 1. The Morgan fingerprint density at radius 3 is 2.52 bits per heavy atom. The van der Waals surface area contributed by atoms with Gasteiger partial charge in [-0.1, -0.05) is 12.1 Å². The first-order valence-electron chi connectivity index (χ1n) is 11.6. The van der Waals surface area contributed by atoms with Crippen LogP contribution >= 0.6 is 0 Å². The van der Waals surface area contributed by atoms with Crippen LogP contribution in [0.15, 0.2) is 30.3 Å². The number of benzene rings is 1. The van der Waals surface area contributed by atoms with E-state index in [4.69, 9.17) is 14.7 Å². The van der Waals surface area contributed by atoms with Crippen LogP contribution in [0.2, 0.25) is 0 Å². The van der Waals surface area contributed by atoms with Crippen LogP contribution in [0, 0.1) is 6.92 Å². The van der Waals surface area contributed by atoms with Gasteiger partial charge < -0.3 is 15.0 Å². The Kier molecular flexibility index (Phi) is 6.26. The van der Waals surface area contributed by atoms with E-state index in [1.54, 1.807) is 6.07 Å². The van der Waals surface area contributed by atoms with Crippen LogP contribution < -0.4 is 10.2 Å². The molecule has 1 N–H and O–H groups in total. The zero-order valence-electron chi connectivity index (χ0n) is 18.8. The lowest BCUT2D eigenvalue weighted by molar-refractivity contribution is 0.0694. The van der Waals surface area contributed by atoms with E-state index in [-0.39, 0.29) is 11.9 Å². The van der Waals surface area contributed by atoms with Gasteiger partial charge in [-0.25, -0.2) is 19.9 Å². The van der Waals surface area contributed by atoms with Gasteiger partial charge in [-0.2, -0.15) is 0 Å². The van der Waals surface area contributed by atoms with Crippen molar-refractivity contribution in [3.8, 4) is 0 Å². The number of amides is 1. The van der Waals surface area contributed by atoms with Crippen molar-refractivity contribution in [2.24, 2.45) is 0 Å². The summed E-state index contributed by atoms with van der Waals surface area (Å²) < 4.78 is 5.40. The SMILES string of the molecule is Cc1nc2ccccc2nc1/C=C/c1nc(C(=O)NC2CCOCC2)cc(N2CCCC2)n1. The minimum atomic E-state index is -0.166. The summed E-state index contributed by atoms with van der Waals surface area (Å²) in [5, 5.41) is 3.11. The lowest BCUT2D eigenvalue weighted by atomic mass is 10.1. The molecule has 5 rings (SSSR count). The van der Waals surface area contributed by atoms with E-state index in [2.05, 4.69) is 20.2 Å². The highest BCUT2D eigenvalue weighted by Crippen LogP contribution is 2.20. The summed E-state index contributed by atoms with van der Waals surface area (Å²) in [6.45, 7) is 5.17. The van der Waals surface area contributed by atoms with Gasteiger partial charge in [0.2, 0.25) is 0 Å². The average molecular weight is 445 g/mol. The summed E-state index contributed by atoms with van der Waals surface area (Å²) >= 11 is 0. The molecule has 33 heavy (non-hydrogen) atoms. The first-order chi connectivity index (χ1) is 16.2. The van der Waals surface area contributed by atoms with Gasteiger partial charge in [0.15, 0.2) is 5.82 Å². The highest BCUT2D eigenvalue weighted by Gasteiger charge is 2.21. The zero-order valence-corrected chi connectivity index (χ0v) is 18.8. The molecule has 2 aliphatic rings. The standard InChI is InChI=1S/C25H28N6O2/c1-17-19(28-21-7-3-2-6-20(21)26-17)8-9-23-29-22(16-24(30-23)31-12-4-5-13-31)25(32)27-18-10-14-33-15-11-18/h2-3,6-9,16,18H,4-5,10-15H2,1H3,(H,27,32)/b9-8+. The summed E-state index contributed by atoms with van der Waals surface area (Å²) in [5.41, 5.74) is 3.69. The molecule has 1 amide bonds. The van der Waals surface area contributed by atoms with Gasteiger partial charge in [0.05, 0.1) is 22.4 Å². The van der Waals surface area contributed by atoms with Crippen LogP contribution in [-0.2, 0) is 4.74 Å². The number of rotatable bonds is 5. The zero-order chi connectivity index (χ0) is 22.6. The number of carbonyl (C=O) groups is 1. The van der Waals surface area contributed by atoms with E-state index in [0.29, 0.717) is 24.7 Å². The second-order valence-electron chi connectivity index (χ2n) is 8.54. The van der Waals surface area contributed by atoms with Crippen molar-refractivity contribution in [2.45, 2.75) is 38.6 Å².